The molecule has 0 fully saturated rings. The summed E-state index contributed by atoms with van der Waals surface area (Å²) < 4.78 is 10.7. The Kier molecular flexibility index (Phi) is 6.19. The molecule has 17 heavy (non-hydrogen) atoms. The summed E-state index contributed by atoms with van der Waals surface area (Å²) in [5.74, 6) is 1.32. The summed E-state index contributed by atoms with van der Waals surface area (Å²) in [5.41, 5.74) is 2.39. The normalized spacial score (nSPS) is 11.4. The summed E-state index contributed by atoms with van der Waals surface area (Å²) in [5, 5.41) is 3.51. The lowest BCUT2D eigenvalue weighted by atomic mass is 10.2. The molecule has 1 aromatic rings. The Hall–Kier alpha value is -0.900. The van der Waals surface area contributed by atoms with Crippen molar-refractivity contribution in [2.75, 3.05) is 20.8 Å². The molecule has 0 atom stereocenters. The molecule has 0 saturated heterocycles. The van der Waals surface area contributed by atoms with E-state index in [-0.39, 0.29) is 6.61 Å². The molecule has 0 radical (unpaired) electrons. The Morgan fingerprint density at radius 3 is 2.76 bits per heavy atom. The first-order valence-electron chi connectivity index (χ1n) is 5.10. The van der Waals surface area contributed by atoms with Crippen molar-refractivity contribution in [2.45, 2.75) is 6.54 Å². The lowest BCUT2D eigenvalue weighted by Gasteiger charge is -2.11. The maximum absolute atomic E-state index is 5.76. The van der Waals surface area contributed by atoms with E-state index in [2.05, 4.69) is 5.32 Å². The molecule has 0 saturated carbocycles. The van der Waals surface area contributed by atoms with Gasteiger partial charge in [0, 0.05) is 12.1 Å². The number of nitrogens with one attached hydrogen (secondary N) is 1. The van der Waals surface area contributed by atoms with Crippen molar-refractivity contribution in [1.82, 2.24) is 5.32 Å². The van der Waals surface area contributed by atoms with Crippen molar-refractivity contribution in [1.29, 1.82) is 0 Å². The molecule has 3 nitrogen and oxygen atoms in total. The topological polar surface area (TPSA) is 30.5 Å². The van der Waals surface area contributed by atoms with Gasteiger partial charge in [0.05, 0.1) is 12.1 Å². The van der Waals surface area contributed by atoms with Gasteiger partial charge in [-0.25, -0.2) is 0 Å². The van der Waals surface area contributed by atoms with E-state index in [0.29, 0.717) is 16.5 Å². The summed E-state index contributed by atoms with van der Waals surface area (Å²) in [6, 6.07) is 5.75. The molecule has 1 rings (SSSR count). The molecule has 0 heterocycles. The van der Waals surface area contributed by atoms with Crippen molar-refractivity contribution in [3.63, 3.8) is 0 Å². The lowest BCUT2D eigenvalue weighted by molar-refractivity contribution is 0.323. The smallest absolute Gasteiger partial charge is 0.162 e. The largest absolute Gasteiger partial charge is 0.493 e. The van der Waals surface area contributed by atoms with Gasteiger partial charge in [-0.15, -0.1) is 0 Å². The van der Waals surface area contributed by atoms with Crippen LogP contribution in [-0.4, -0.2) is 20.8 Å². The Morgan fingerprint density at radius 1 is 1.41 bits per heavy atom. The minimum absolute atomic E-state index is 0.227. The van der Waals surface area contributed by atoms with Gasteiger partial charge in [0.1, 0.15) is 6.61 Å². The lowest BCUT2D eigenvalue weighted by Crippen LogP contribution is -2.06. The molecule has 5 heteroatoms. The highest BCUT2D eigenvalue weighted by Gasteiger charge is 2.06. The second-order valence-corrected chi connectivity index (χ2v) is 4.06. The Morgan fingerprint density at radius 2 is 2.18 bits per heavy atom. The van der Waals surface area contributed by atoms with Gasteiger partial charge in [0.2, 0.25) is 0 Å². The summed E-state index contributed by atoms with van der Waals surface area (Å²) in [4.78, 5) is 0. The number of rotatable bonds is 6. The van der Waals surface area contributed by atoms with Gasteiger partial charge in [0.15, 0.2) is 11.5 Å². The van der Waals surface area contributed by atoms with Gasteiger partial charge < -0.3 is 14.8 Å². The fraction of sp³-hybridized carbons (Fsp3) is 0.333. The predicted molar refractivity (Wildman–Crippen MR) is 71.0 cm³/mol. The van der Waals surface area contributed by atoms with Gasteiger partial charge in [-0.3, -0.25) is 0 Å². The molecule has 0 amide bonds. The first-order valence-corrected chi connectivity index (χ1v) is 5.91. The van der Waals surface area contributed by atoms with Crippen LogP contribution in [0, 0.1) is 0 Å². The molecule has 1 N–H and O–H groups in total. The second kappa shape index (κ2) is 7.43. The van der Waals surface area contributed by atoms with Crippen LogP contribution in [-0.2, 0) is 6.54 Å². The minimum Gasteiger partial charge on any atom is -0.493 e. The van der Waals surface area contributed by atoms with E-state index in [1.165, 1.54) is 5.54 Å². The fourth-order valence-corrected chi connectivity index (χ4v) is 1.44. The van der Waals surface area contributed by atoms with Crippen molar-refractivity contribution in [2.24, 2.45) is 0 Å². The minimum atomic E-state index is 0.227. The van der Waals surface area contributed by atoms with Crippen molar-refractivity contribution in [3.8, 4) is 11.5 Å². The van der Waals surface area contributed by atoms with E-state index in [0.717, 1.165) is 12.1 Å². The number of hydrogen-bond donors (Lipinski definition) is 1. The zero-order valence-electron chi connectivity index (χ0n) is 9.80. The van der Waals surface area contributed by atoms with Crippen LogP contribution in [0.25, 0.3) is 0 Å². The van der Waals surface area contributed by atoms with Gasteiger partial charge in [-0.2, -0.15) is 0 Å². The van der Waals surface area contributed by atoms with Crippen LogP contribution in [0.1, 0.15) is 5.56 Å². The van der Waals surface area contributed by atoms with Gasteiger partial charge in [0.25, 0.3) is 0 Å². The molecule has 0 aliphatic heterocycles. The zero-order chi connectivity index (χ0) is 12.7. The molecule has 0 unspecified atom stereocenters. The summed E-state index contributed by atoms with van der Waals surface area (Å²) in [6.45, 7) is 0.990. The van der Waals surface area contributed by atoms with Crippen LogP contribution >= 0.6 is 23.2 Å². The zero-order valence-corrected chi connectivity index (χ0v) is 11.3. The SMILES string of the molecule is CNCc1ccc(OC)c(OCC(Cl)=CCl)c1. The number of halogens is 2. The standard InChI is InChI=1S/C12H15Cl2NO2/c1-15-7-9-3-4-11(16-2)12(5-9)17-8-10(14)6-13/h3-6,15H,7-8H2,1-2H3. The maximum Gasteiger partial charge on any atom is 0.162 e. The first kappa shape index (κ1) is 14.2. The van der Waals surface area contributed by atoms with E-state index < -0.39 is 0 Å². The number of methoxy groups -OCH3 is 1. The van der Waals surface area contributed by atoms with E-state index in [1.54, 1.807) is 7.11 Å². The first-order chi connectivity index (χ1) is 8.21. The van der Waals surface area contributed by atoms with Crippen LogP contribution < -0.4 is 14.8 Å². The van der Waals surface area contributed by atoms with Crippen LogP contribution in [0.2, 0.25) is 0 Å². The Balaban J connectivity index is 2.82. The quantitative estimate of drug-likeness (QED) is 0.866. The number of ether oxygens (including phenoxy) is 2. The predicted octanol–water partition coefficient (Wildman–Crippen LogP) is 3.11. The molecular weight excluding hydrogens is 261 g/mol. The molecule has 0 spiro atoms. The molecule has 1 aromatic carbocycles. The third-order valence-electron chi connectivity index (χ3n) is 2.09. The highest BCUT2D eigenvalue weighted by Crippen LogP contribution is 2.28. The third-order valence-corrected chi connectivity index (χ3v) is 2.69. The summed E-state index contributed by atoms with van der Waals surface area (Å²) >= 11 is 11.2. The average Bonchev–Trinajstić information content (AvgIpc) is 2.36. The van der Waals surface area contributed by atoms with Crippen molar-refractivity contribution in [3.05, 3.63) is 34.3 Å². The Labute approximate surface area is 111 Å². The van der Waals surface area contributed by atoms with E-state index in [4.69, 9.17) is 32.7 Å². The van der Waals surface area contributed by atoms with Crippen LogP contribution in [0.4, 0.5) is 0 Å². The van der Waals surface area contributed by atoms with Gasteiger partial charge >= 0.3 is 0 Å². The molecule has 0 aliphatic carbocycles. The maximum atomic E-state index is 5.76. The molecule has 94 valence electrons. The van der Waals surface area contributed by atoms with Gasteiger partial charge in [-0.05, 0) is 24.7 Å². The highest BCUT2D eigenvalue weighted by atomic mass is 35.5. The number of benzene rings is 1. The highest BCUT2D eigenvalue weighted by molar-refractivity contribution is 6.36. The summed E-state index contributed by atoms with van der Waals surface area (Å²) in [7, 11) is 3.48. The fourth-order valence-electron chi connectivity index (χ4n) is 1.33. The van der Waals surface area contributed by atoms with Crippen molar-refractivity contribution >= 4 is 23.2 Å². The molecule has 0 aliphatic rings. The van der Waals surface area contributed by atoms with Crippen LogP contribution in [0.3, 0.4) is 0 Å². The monoisotopic (exact) mass is 275 g/mol. The van der Waals surface area contributed by atoms with Crippen LogP contribution in [0.15, 0.2) is 28.8 Å². The molecular formula is C12H15Cl2NO2. The third kappa shape index (κ3) is 4.46. The second-order valence-electron chi connectivity index (χ2n) is 3.36. The molecule has 0 aromatic heterocycles. The number of hydrogen-bond acceptors (Lipinski definition) is 3. The van der Waals surface area contributed by atoms with E-state index >= 15 is 0 Å². The van der Waals surface area contributed by atoms with Crippen LogP contribution in [0.5, 0.6) is 11.5 Å². The summed E-state index contributed by atoms with van der Waals surface area (Å²) in [6.07, 6.45) is 0. The van der Waals surface area contributed by atoms with Crippen molar-refractivity contribution < 1.29 is 9.47 Å². The Bertz CT molecular complexity index is 394. The van der Waals surface area contributed by atoms with E-state index in [1.807, 2.05) is 25.2 Å². The van der Waals surface area contributed by atoms with Gasteiger partial charge in [-0.1, -0.05) is 29.3 Å². The molecule has 0 bridgehead atoms. The van der Waals surface area contributed by atoms with E-state index in [9.17, 15) is 0 Å². The average molecular weight is 276 g/mol.